The number of nitrogens with one attached hydrogen (secondary N) is 2. The number of hydrogen-bond donors (Lipinski definition) is 2. The number of rotatable bonds is 4. The van der Waals surface area contributed by atoms with Crippen molar-refractivity contribution in [3.8, 4) is 0 Å². The van der Waals surface area contributed by atoms with E-state index in [0.717, 1.165) is 25.6 Å². The van der Waals surface area contributed by atoms with Gasteiger partial charge >= 0.3 is 0 Å². The molecule has 2 heterocycles. The van der Waals surface area contributed by atoms with Crippen LogP contribution in [0, 0.1) is 5.92 Å². The van der Waals surface area contributed by atoms with E-state index in [1.165, 1.54) is 48.9 Å². The summed E-state index contributed by atoms with van der Waals surface area (Å²) in [6, 6.07) is 7.27. The van der Waals surface area contributed by atoms with Gasteiger partial charge in [0.25, 0.3) is 0 Å². The number of hydrogen-bond acceptors (Lipinski definition) is 3. The second-order valence-electron chi connectivity index (χ2n) is 6.43. The third kappa shape index (κ3) is 2.45. The molecule has 4 rings (SSSR count). The van der Waals surface area contributed by atoms with Gasteiger partial charge in [-0.1, -0.05) is 18.2 Å². The van der Waals surface area contributed by atoms with Crippen molar-refractivity contribution in [1.82, 2.24) is 5.32 Å². The van der Waals surface area contributed by atoms with Gasteiger partial charge in [-0.25, -0.2) is 0 Å². The first-order valence-corrected chi connectivity index (χ1v) is 8.11. The van der Waals surface area contributed by atoms with Crippen molar-refractivity contribution < 1.29 is 4.74 Å². The van der Waals surface area contributed by atoms with Crippen LogP contribution in [-0.4, -0.2) is 25.3 Å². The molecule has 1 saturated heterocycles. The molecule has 1 aliphatic carbocycles. The maximum atomic E-state index is 5.91. The zero-order valence-electron chi connectivity index (χ0n) is 12.0. The van der Waals surface area contributed by atoms with Crippen molar-refractivity contribution in [2.45, 2.75) is 50.8 Å². The summed E-state index contributed by atoms with van der Waals surface area (Å²) < 4.78 is 5.91. The molecule has 1 saturated carbocycles. The number of para-hydroxylation sites is 1. The maximum absolute atomic E-state index is 5.91. The molecule has 2 aliphatic heterocycles. The fourth-order valence-electron chi connectivity index (χ4n) is 3.69. The summed E-state index contributed by atoms with van der Waals surface area (Å²) >= 11 is 0. The Morgan fingerprint density at radius 3 is 3.10 bits per heavy atom. The van der Waals surface area contributed by atoms with Crippen LogP contribution in [0.4, 0.5) is 5.69 Å². The number of benzene rings is 1. The van der Waals surface area contributed by atoms with Crippen LogP contribution in [0.2, 0.25) is 0 Å². The fourth-order valence-corrected chi connectivity index (χ4v) is 3.69. The summed E-state index contributed by atoms with van der Waals surface area (Å²) in [6.07, 6.45) is 6.85. The molecule has 1 aromatic carbocycles. The molecule has 0 spiro atoms. The average Bonchev–Trinajstić information content (AvgIpc) is 3.24. The number of fused-ring (bicyclic) bond motifs is 1. The van der Waals surface area contributed by atoms with Gasteiger partial charge in [-0.05, 0) is 49.1 Å². The second kappa shape index (κ2) is 5.38. The van der Waals surface area contributed by atoms with Gasteiger partial charge in [-0.3, -0.25) is 0 Å². The number of ether oxygens (including phenoxy) is 1. The average molecular weight is 272 g/mol. The highest BCUT2D eigenvalue weighted by atomic mass is 16.5. The van der Waals surface area contributed by atoms with Crippen LogP contribution in [0.1, 0.15) is 36.8 Å². The summed E-state index contributed by atoms with van der Waals surface area (Å²) in [5.41, 5.74) is 4.29. The van der Waals surface area contributed by atoms with Crippen molar-refractivity contribution in [2.24, 2.45) is 5.92 Å². The van der Waals surface area contributed by atoms with E-state index in [-0.39, 0.29) is 0 Å². The molecule has 2 unspecified atom stereocenters. The van der Waals surface area contributed by atoms with Crippen molar-refractivity contribution in [3.05, 3.63) is 29.3 Å². The van der Waals surface area contributed by atoms with E-state index in [4.69, 9.17) is 4.74 Å². The summed E-state index contributed by atoms with van der Waals surface area (Å²) in [7, 11) is 0. The van der Waals surface area contributed by atoms with Crippen LogP contribution in [0.25, 0.3) is 0 Å². The molecule has 0 aromatic heterocycles. The lowest BCUT2D eigenvalue weighted by molar-refractivity contribution is 0.0809. The van der Waals surface area contributed by atoms with E-state index in [1.807, 2.05) is 0 Å². The van der Waals surface area contributed by atoms with Crippen LogP contribution in [-0.2, 0) is 17.7 Å². The zero-order valence-corrected chi connectivity index (χ0v) is 12.0. The Morgan fingerprint density at radius 1 is 1.25 bits per heavy atom. The van der Waals surface area contributed by atoms with Crippen molar-refractivity contribution in [1.29, 1.82) is 0 Å². The Morgan fingerprint density at radius 2 is 2.20 bits per heavy atom. The third-order valence-corrected chi connectivity index (χ3v) is 4.94. The molecule has 3 aliphatic rings. The minimum atomic E-state index is 0.475. The van der Waals surface area contributed by atoms with Crippen molar-refractivity contribution >= 4 is 5.69 Å². The summed E-state index contributed by atoms with van der Waals surface area (Å²) in [4.78, 5) is 0. The molecule has 0 amide bonds. The Hall–Kier alpha value is -1.06. The molecule has 2 N–H and O–H groups in total. The molecular formula is C17H24N2O. The molecule has 3 nitrogen and oxygen atoms in total. The predicted molar refractivity (Wildman–Crippen MR) is 81.0 cm³/mol. The van der Waals surface area contributed by atoms with Crippen LogP contribution in [0.15, 0.2) is 18.2 Å². The predicted octanol–water partition coefficient (Wildman–Crippen LogP) is 2.70. The van der Waals surface area contributed by atoms with E-state index in [9.17, 15) is 0 Å². The van der Waals surface area contributed by atoms with E-state index in [1.54, 1.807) is 0 Å². The SMILES string of the molecule is c1cc2c(c(CNC3CCOC3C3CC3)c1)NCCC2. The van der Waals surface area contributed by atoms with Crippen LogP contribution in [0.3, 0.4) is 0 Å². The third-order valence-electron chi connectivity index (χ3n) is 4.94. The normalized spacial score (nSPS) is 29.0. The highest BCUT2D eigenvalue weighted by Crippen LogP contribution is 2.39. The molecule has 0 radical (unpaired) electrons. The highest BCUT2D eigenvalue weighted by molar-refractivity contribution is 5.59. The largest absolute Gasteiger partial charge is 0.385 e. The molecule has 108 valence electrons. The maximum Gasteiger partial charge on any atom is 0.0757 e. The zero-order chi connectivity index (χ0) is 13.4. The van der Waals surface area contributed by atoms with E-state index < -0.39 is 0 Å². The Bertz CT molecular complexity index is 484. The summed E-state index contributed by atoms with van der Waals surface area (Å²) in [6.45, 7) is 3.01. The van der Waals surface area contributed by atoms with E-state index in [0.29, 0.717) is 12.1 Å². The standard InChI is InChI=1S/C17H24N2O/c1-3-12-5-2-9-18-16(12)14(4-1)11-19-15-8-10-20-17(15)13-6-7-13/h1,3-4,13,15,17-19H,2,5-11H2. The molecule has 20 heavy (non-hydrogen) atoms. The fraction of sp³-hybridized carbons (Fsp3) is 0.647. The van der Waals surface area contributed by atoms with Gasteiger partial charge in [-0.15, -0.1) is 0 Å². The first-order valence-electron chi connectivity index (χ1n) is 8.11. The highest BCUT2D eigenvalue weighted by Gasteiger charge is 2.40. The van der Waals surface area contributed by atoms with Crippen LogP contribution in [0.5, 0.6) is 0 Å². The quantitative estimate of drug-likeness (QED) is 0.884. The van der Waals surface area contributed by atoms with Crippen LogP contribution >= 0.6 is 0 Å². The van der Waals surface area contributed by atoms with Gasteiger partial charge in [0.15, 0.2) is 0 Å². The molecular weight excluding hydrogens is 248 g/mol. The minimum Gasteiger partial charge on any atom is -0.385 e. The van der Waals surface area contributed by atoms with Gasteiger partial charge in [0.1, 0.15) is 0 Å². The monoisotopic (exact) mass is 272 g/mol. The van der Waals surface area contributed by atoms with Crippen molar-refractivity contribution in [3.63, 3.8) is 0 Å². The lowest BCUT2D eigenvalue weighted by Crippen LogP contribution is -2.37. The lowest BCUT2D eigenvalue weighted by atomic mass is 9.99. The number of aryl methyl sites for hydroxylation is 1. The van der Waals surface area contributed by atoms with E-state index in [2.05, 4.69) is 28.8 Å². The van der Waals surface area contributed by atoms with Gasteiger partial charge in [0, 0.05) is 31.4 Å². The summed E-state index contributed by atoms with van der Waals surface area (Å²) in [5, 5.41) is 7.34. The van der Waals surface area contributed by atoms with Gasteiger partial charge in [-0.2, -0.15) is 0 Å². The molecule has 2 fully saturated rings. The van der Waals surface area contributed by atoms with E-state index >= 15 is 0 Å². The topological polar surface area (TPSA) is 33.3 Å². The molecule has 0 bridgehead atoms. The Balaban J connectivity index is 1.44. The minimum absolute atomic E-state index is 0.475. The lowest BCUT2D eigenvalue weighted by Gasteiger charge is -2.24. The first-order chi connectivity index (χ1) is 9.92. The number of anilines is 1. The molecule has 2 atom stereocenters. The van der Waals surface area contributed by atoms with Gasteiger partial charge in [0.2, 0.25) is 0 Å². The van der Waals surface area contributed by atoms with Gasteiger partial charge in [0.05, 0.1) is 6.10 Å². The molecule has 3 heteroatoms. The first kappa shape index (κ1) is 12.7. The van der Waals surface area contributed by atoms with Gasteiger partial charge < -0.3 is 15.4 Å². The second-order valence-corrected chi connectivity index (χ2v) is 6.43. The smallest absolute Gasteiger partial charge is 0.0757 e. The molecule has 1 aromatic rings. The Kier molecular flexibility index (Phi) is 3.41. The van der Waals surface area contributed by atoms with Crippen molar-refractivity contribution in [2.75, 3.05) is 18.5 Å². The Labute approximate surface area is 121 Å². The van der Waals surface area contributed by atoms with Crippen LogP contribution < -0.4 is 10.6 Å². The summed E-state index contributed by atoms with van der Waals surface area (Å²) in [5.74, 6) is 0.831.